The van der Waals surface area contributed by atoms with Crippen LogP contribution >= 0.6 is 24.0 Å². The highest BCUT2D eigenvalue weighted by atomic mass is 127. The maximum atomic E-state index is 11.9. The van der Waals surface area contributed by atoms with Gasteiger partial charge in [0.05, 0.1) is 20.2 Å². The first-order chi connectivity index (χ1) is 15.2. The number of nitrogens with zero attached hydrogens (tertiary/aromatic N) is 2. The van der Waals surface area contributed by atoms with Crippen molar-refractivity contribution >= 4 is 35.8 Å². The number of aliphatic imine (C=N–C) groups is 1. The van der Waals surface area contributed by atoms with Crippen LogP contribution in [0.5, 0.6) is 11.5 Å². The lowest BCUT2D eigenvalue weighted by atomic mass is 10.1. The minimum absolute atomic E-state index is 0. The second kappa shape index (κ2) is 13.8. The van der Waals surface area contributed by atoms with Gasteiger partial charge in [0, 0.05) is 26.1 Å². The van der Waals surface area contributed by atoms with Gasteiger partial charge in [0.1, 0.15) is 18.1 Å². The van der Waals surface area contributed by atoms with Crippen molar-refractivity contribution in [3.8, 4) is 11.5 Å². The Morgan fingerprint density at radius 1 is 1.09 bits per heavy atom. The van der Waals surface area contributed by atoms with Crippen LogP contribution in [0.3, 0.4) is 0 Å². The molecule has 1 aliphatic heterocycles. The highest BCUT2D eigenvalue weighted by Crippen LogP contribution is 2.17. The molecule has 0 atom stereocenters. The topological polar surface area (TPSA) is 75.2 Å². The van der Waals surface area contributed by atoms with Crippen LogP contribution in [0.4, 0.5) is 0 Å². The number of hydrogen-bond acceptors (Lipinski definition) is 4. The van der Waals surface area contributed by atoms with E-state index in [-0.39, 0.29) is 29.9 Å². The molecule has 0 spiro atoms. The van der Waals surface area contributed by atoms with E-state index < -0.39 is 0 Å². The minimum Gasteiger partial charge on any atom is -0.497 e. The summed E-state index contributed by atoms with van der Waals surface area (Å²) in [6, 6.07) is 15.8. The summed E-state index contributed by atoms with van der Waals surface area (Å²) in [5, 5.41) is 6.56. The molecule has 174 valence electrons. The summed E-state index contributed by atoms with van der Waals surface area (Å²) in [5.41, 5.74) is 2.27. The maximum absolute atomic E-state index is 11.9. The van der Waals surface area contributed by atoms with Crippen LogP contribution in [0.1, 0.15) is 30.9 Å². The zero-order valence-corrected chi connectivity index (χ0v) is 21.1. The van der Waals surface area contributed by atoms with Gasteiger partial charge >= 0.3 is 0 Å². The SMILES string of the molecule is CCNC(=NCc1cccc(CN2CCCC2=O)c1)NCCOc1ccc(OC)cc1.I. The Kier molecular flexibility index (Phi) is 11.1. The molecule has 1 aliphatic rings. The number of hydrogen-bond donors (Lipinski definition) is 2. The number of nitrogens with one attached hydrogen (secondary N) is 2. The molecule has 0 aliphatic carbocycles. The molecule has 2 aromatic carbocycles. The molecule has 32 heavy (non-hydrogen) atoms. The fourth-order valence-corrected chi connectivity index (χ4v) is 3.44. The summed E-state index contributed by atoms with van der Waals surface area (Å²) in [6.45, 7) is 6.08. The molecular weight excluding hydrogens is 519 g/mol. The van der Waals surface area contributed by atoms with E-state index in [1.54, 1.807) is 7.11 Å². The first kappa shape index (κ1) is 25.8. The average molecular weight is 552 g/mol. The van der Waals surface area contributed by atoms with Gasteiger partial charge in [0.2, 0.25) is 5.91 Å². The summed E-state index contributed by atoms with van der Waals surface area (Å²) in [5.74, 6) is 2.61. The number of halogens is 1. The summed E-state index contributed by atoms with van der Waals surface area (Å²) in [7, 11) is 1.64. The summed E-state index contributed by atoms with van der Waals surface area (Å²) in [4.78, 5) is 18.5. The Morgan fingerprint density at radius 2 is 1.84 bits per heavy atom. The van der Waals surface area contributed by atoms with Crippen LogP contribution in [0.25, 0.3) is 0 Å². The quantitative estimate of drug-likeness (QED) is 0.204. The van der Waals surface area contributed by atoms with E-state index in [4.69, 9.17) is 9.47 Å². The molecule has 0 bridgehead atoms. The lowest BCUT2D eigenvalue weighted by molar-refractivity contribution is -0.128. The standard InChI is InChI=1S/C24H32N4O3.HI/c1-3-25-24(26-13-15-31-22-11-9-21(30-2)10-12-22)27-17-19-6-4-7-20(16-19)18-28-14-5-8-23(28)29;/h4,6-7,9-12,16H,3,5,8,13-15,17-18H2,1-2H3,(H2,25,26,27);1H. The van der Waals surface area contributed by atoms with Crippen LogP contribution in [-0.4, -0.2) is 50.1 Å². The number of methoxy groups -OCH3 is 1. The van der Waals surface area contributed by atoms with Gasteiger partial charge in [-0.25, -0.2) is 4.99 Å². The van der Waals surface area contributed by atoms with Gasteiger partial charge in [-0.1, -0.05) is 24.3 Å². The van der Waals surface area contributed by atoms with Gasteiger partial charge in [-0.05, 0) is 48.7 Å². The first-order valence-electron chi connectivity index (χ1n) is 10.8. The molecule has 0 aromatic heterocycles. The third kappa shape index (κ3) is 8.22. The fourth-order valence-electron chi connectivity index (χ4n) is 3.44. The molecule has 1 saturated heterocycles. The third-order valence-corrected chi connectivity index (χ3v) is 5.02. The molecule has 1 heterocycles. The monoisotopic (exact) mass is 552 g/mol. The molecule has 2 aromatic rings. The molecule has 2 N–H and O–H groups in total. The second-order valence-corrected chi connectivity index (χ2v) is 7.38. The van der Waals surface area contributed by atoms with Crippen molar-refractivity contribution in [2.45, 2.75) is 32.9 Å². The Balaban J connectivity index is 0.00000363. The van der Waals surface area contributed by atoms with Gasteiger partial charge in [-0.15, -0.1) is 24.0 Å². The number of rotatable bonds is 10. The Morgan fingerprint density at radius 3 is 2.53 bits per heavy atom. The summed E-state index contributed by atoms with van der Waals surface area (Å²) < 4.78 is 10.9. The van der Waals surface area contributed by atoms with E-state index in [2.05, 4.69) is 33.8 Å². The molecule has 0 unspecified atom stereocenters. The molecule has 7 nitrogen and oxygen atoms in total. The van der Waals surface area contributed by atoms with Crippen molar-refractivity contribution in [3.63, 3.8) is 0 Å². The van der Waals surface area contributed by atoms with Gasteiger partial charge in [0.15, 0.2) is 5.96 Å². The van der Waals surface area contributed by atoms with E-state index in [1.807, 2.05) is 42.2 Å². The zero-order valence-electron chi connectivity index (χ0n) is 18.8. The highest BCUT2D eigenvalue weighted by Gasteiger charge is 2.19. The molecule has 3 rings (SSSR count). The van der Waals surface area contributed by atoms with Gasteiger partial charge < -0.3 is 25.0 Å². The second-order valence-electron chi connectivity index (χ2n) is 7.38. The fraction of sp³-hybridized carbons (Fsp3) is 0.417. The highest BCUT2D eigenvalue weighted by molar-refractivity contribution is 14.0. The average Bonchev–Trinajstić information content (AvgIpc) is 3.20. The lowest BCUT2D eigenvalue weighted by Gasteiger charge is -2.16. The molecule has 0 radical (unpaired) electrons. The number of guanidine groups is 1. The predicted molar refractivity (Wildman–Crippen MR) is 138 cm³/mol. The lowest BCUT2D eigenvalue weighted by Crippen LogP contribution is -2.39. The molecule has 1 amide bonds. The van der Waals surface area contributed by atoms with E-state index in [1.165, 1.54) is 0 Å². The van der Waals surface area contributed by atoms with Crippen LogP contribution in [0.2, 0.25) is 0 Å². The zero-order chi connectivity index (χ0) is 21.9. The smallest absolute Gasteiger partial charge is 0.222 e. The number of likely N-dealkylation sites (tertiary alicyclic amines) is 1. The van der Waals surface area contributed by atoms with Gasteiger partial charge in [0.25, 0.3) is 0 Å². The van der Waals surface area contributed by atoms with Gasteiger partial charge in [-0.3, -0.25) is 4.79 Å². The van der Waals surface area contributed by atoms with Crippen molar-refractivity contribution in [2.75, 3.05) is 33.4 Å². The van der Waals surface area contributed by atoms with Gasteiger partial charge in [-0.2, -0.15) is 0 Å². The summed E-state index contributed by atoms with van der Waals surface area (Å²) in [6.07, 6.45) is 1.63. The Hall–Kier alpha value is -2.49. The van der Waals surface area contributed by atoms with E-state index in [0.717, 1.165) is 48.1 Å². The van der Waals surface area contributed by atoms with Crippen molar-refractivity contribution in [2.24, 2.45) is 4.99 Å². The van der Waals surface area contributed by atoms with E-state index >= 15 is 0 Å². The number of amides is 1. The normalized spacial score (nSPS) is 13.5. The molecule has 8 heteroatoms. The minimum atomic E-state index is 0. The Bertz CT molecular complexity index is 874. The third-order valence-electron chi connectivity index (χ3n) is 5.02. The Labute approximate surface area is 207 Å². The van der Waals surface area contributed by atoms with Crippen molar-refractivity contribution in [1.82, 2.24) is 15.5 Å². The molecule has 1 fully saturated rings. The van der Waals surface area contributed by atoms with Crippen LogP contribution in [-0.2, 0) is 17.9 Å². The van der Waals surface area contributed by atoms with Crippen LogP contribution < -0.4 is 20.1 Å². The maximum Gasteiger partial charge on any atom is 0.222 e. The van der Waals surface area contributed by atoms with E-state index in [0.29, 0.717) is 32.7 Å². The summed E-state index contributed by atoms with van der Waals surface area (Å²) >= 11 is 0. The van der Waals surface area contributed by atoms with Crippen LogP contribution in [0.15, 0.2) is 53.5 Å². The molecular formula is C24H33IN4O3. The predicted octanol–water partition coefficient (Wildman–Crippen LogP) is 3.57. The van der Waals surface area contributed by atoms with Crippen molar-refractivity contribution in [3.05, 3.63) is 59.7 Å². The first-order valence-corrected chi connectivity index (χ1v) is 10.8. The van der Waals surface area contributed by atoms with Crippen molar-refractivity contribution in [1.29, 1.82) is 0 Å². The van der Waals surface area contributed by atoms with Crippen LogP contribution in [0, 0.1) is 0 Å². The number of carbonyl (C=O) groups excluding carboxylic acids is 1. The largest absolute Gasteiger partial charge is 0.497 e. The molecule has 0 saturated carbocycles. The van der Waals surface area contributed by atoms with Crippen molar-refractivity contribution < 1.29 is 14.3 Å². The van der Waals surface area contributed by atoms with E-state index in [9.17, 15) is 4.79 Å². The number of benzene rings is 2. The number of ether oxygens (including phenoxy) is 2. The number of carbonyl (C=O) groups is 1.